The molecule has 0 aliphatic rings. The number of nitriles is 1. The fraction of sp³-hybridized carbons (Fsp3) is 0.125. The largest absolute Gasteiger partial charge is 0.457 e. The first kappa shape index (κ1) is 14.5. The van der Waals surface area contributed by atoms with Crippen molar-refractivity contribution in [2.45, 2.75) is 13.5 Å². The Morgan fingerprint density at radius 1 is 1.33 bits per heavy atom. The van der Waals surface area contributed by atoms with Crippen LogP contribution < -0.4 is 5.73 Å². The summed E-state index contributed by atoms with van der Waals surface area (Å²) in [6.07, 6.45) is 0. The normalized spacial score (nSPS) is 9.95. The van der Waals surface area contributed by atoms with Crippen LogP contribution in [-0.4, -0.2) is 5.97 Å². The highest BCUT2D eigenvalue weighted by Crippen LogP contribution is 2.15. The molecule has 0 saturated carbocycles. The molecule has 0 aliphatic carbocycles. The number of halogens is 1. The summed E-state index contributed by atoms with van der Waals surface area (Å²) in [4.78, 5) is 11.9. The Morgan fingerprint density at radius 2 is 2.10 bits per heavy atom. The zero-order chi connectivity index (χ0) is 15.4. The highest BCUT2D eigenvalue weighted by Gasteiger charge is 2.10. The first-order valence-electron chi connectivity index (χ1n) is 6.23. The van der Waals surface area contributed by atoms with Crippen LogP contribution in [0.4, 0.5) is 10.1 Å². The van der Waals surface area contributed by atoms with Crippen LogP contribution in [0.25, 0.3) is 0 Å². The summed E-state index contributed by atoms with van der Waals surface area (Å²) in [6, 6.07) is 10.6. The van der Waals surface area contributed by atoms with Gasteiger partial charge in [0.25, 0.3) is 0 Å². The highest BCUT2D eigenvalue weighted by atomic mass is 19.1. The third-order valence-corrected chi connectivity index (χ3v) is 3.03. The minimum Gasteiger partial charge on any atom is -0.457 e. The van der Waals surface area contributed by atoms with Gasteiger partial charge in [-0.1, -0.05) is 6.07 Å². The van der Waals surface area contributed by atoms with E-state index in [1.54, 1.807) is 31.2 Å². The van der Waals surface area contributed by atoms with Crippen molar-refractivity contribution in [2.75, 3.05) is 5.73 Å². The molecule has 0 spiro atoms. The molecule has 2 aromatic rings. The number of carbonyl (C=O) groups excluding carboxylic acids is 1. The van der Waals surface area contributed by atoms with Crippen molar-refractivity contribution < 1.29 is 13.9 Å². The summed E-state index contributed by atoms with van der Waals surface area (Å²) in [5.41, 5.74) is 7.94. The molecule has 0 saturated heterocycles. The number of rotatable bonds is 3. The van der Waals surface area contributed by atoms with Crippen molar-refractivity contribution in [1.82, 2.24) is 0 Å². The SMILES string of the molecule is Cc1cc(C(=O)OCc2ccc(F)c(C#N)c2)ccc1N. The van der Waals surface area contributed by atoms with Crippen LogP contribution in [-0.2, 0) is 11.3 Å². The number of hydrogen-bond acceptors (Lipinski definition) is 4. The monoisotopic (exact) mass is 284 g/mol. The molecule has 0 atom stereocenters. The van der Waals surface area contributed by atoms with Gasteiger partial charge in [0.05, 0.1) is 11.1 Å². The molecular weight excluding hydrogens is 271 g/mol. The van der Waals surface area contributed by atoms with E-state index in [1.165, 1.54) is 18.2 Å². The smallest absolute Gasteiger partial charge is 0.338 e. The fourth-order valence-corrected chi connectivity index (χ4v) is 1.78. The third-order valence-electron chi connectivity index (χ3n) is 3.03. The number of anilines is 1. The minimum atomic E-state index is -0.596. The Morgan fingerprint density at radius 3 is 2.76 bits per heavy atom. The van der Waals surface area contributed by atoms with Gasteiger partial charge in [0, 0.05) is 5.69 Å². The molecule has 0 unspecified atom stereocenters. The van der Waals surface area contributed by atoms with E-state index in [4.69, 9.17) is 15.7 Å². The zero-order valence-electron chi connectivity index (χ0n) is 11.4. The Kier molecular flexibility index (Phi) is 4.19. The molecule has 0 fully saturated rings. The van der Waals surface area contributed by atoms with E-state index in [0.29, 0.717) is 16.8 Å². The minimum absolute atomic E-state index is 0.0305. The molecule has 106 valence electrons. The molecule has 0 radical (unpaired) electrons. The maximum atomic E-state index is 13.2. The van der Waals surface area contributed by atoms with E-state index in [9.17, 15) is 9.18 Å². The van der Waals surface area contributed by atoms with Crippen LogP contribution in [0.1, 0.15) is 27.0 Å². The number of nitrogens with two attached hydrogens (primary N) is 1. The summed E-state index contributed by atoms with van der Waals surface area (Å²) in [5, 5.41) is 8.75. The van der Waals surface area contributed by atoms with Gasteiger partial charge in [-0.3, -0.25) is 0 Å². The molecule has 5 heteroatoms. The van der Waals surface area contributed by atoms with Crippen LogP contribution in [0.3, 0.4) is 0 Å². The van der Waals surface area contributed by atoms with Crippen molar-refractivity contribution >= 4 is 11.7 Å². The van der Waals surface area contributed by atoms with Crippen molar-refractivity contribution in [1.29, 1.82) is 5.26 Å². The molecular formula is C16H13FN2O2. The molecule has 0 aromatic heterocycles. The van der Waals surface area contributed by atoms with E-state index >= 15 is 0 Å². The summed E-state index contributed by atoms with van der Waals surface area (Å²) >= 11 is 0. The van der Waals surface area contributed by atoms with Crippen LogP contribution in [0.15, 0.2) is 36.4 Å². The molecule has 0 aliphatic heterocycles. The second kappa shape index (κ2) is 6.06. The number of nitrogens with zero attached hydrogens (tertiary/aromatic N) is 1. The fourth-order valence-electron chi connectivity index (χ4n) is 1.78. The summed E-state index contributed by atoms with van der Waals surface area (Å²) in [7, 11) is 0. The van der Waals surface area contributed by atoms with Gasteiger partial charge in [-0.15, -0.1) is 0 Å². The Labute approximate surface area is 121 Å². The molecule has 2 aromatic carbocycles. The highest BCUT2D eigenvalue weighted by molar-refractivity contribution is 5.90. The quantitative estimate of drug-likeness (QED) is 0.694. The van der Waals surface area contributed by atoms with Crippen LogP contribution in [0, 0.1) is 24.1 Å². The van der Waals surface area contributed by atoms with Gasteiger partial charge in [0.2, 0.25) is 0 Å². The third kappa shape index (κ3) is 3.37. The second-order valence-electron chi connectivity index (χ2n) is 4.57. The first-order chi connectivity index (χ1) is 10.0. The predicted octanol–water partition coefficient (Wildman–Crippen LogP) is 2.95. The number of benzene rings is 2. The lowest BCUT2D eigenvalue weighted by molar-refractivity contribution is 0.0472. The van der Waals surface area contributed by atoms with E-state index in [1.807, 2.05) is 0 Å². The van der Waals surface area contributed by atoms with Gasteiger partial charge >= 0.3 is 5.97 Å². The van der Waals surface area contributed by atoms with Crippen molar-refractivity contribution in [2.24, 2.45) is 0 Å². The second-order valence-corrected chi connectivity index (χ2v) is 4.57. The summed E-state index contributed by atoms with van der Waals surface area (Å²) in [6.45, 7) is 1.77. The molecule has 0 bridgehead atoms. The lowest BCUT2D eigenvalue weighted by atomic mass is 10.1. The van der Waals surface area contributed by atoms with Crippen LogP contribution in [0.5, 0.6) is 0 Å². The maximum Gasteiger partial charge on any atom is 0.338 e. The average Bonchev–Trinajstić information content (AvgIpc) is 2.48. The zero-order valence-corrected chi connectivity index (χ0v) is 11.4. The van der Waals surface area contributed by atoms with Gasteiger partial charge in [-0.25, -0.2) is 9.18 Å². The Bertz CT molecular complexity index is 736. The van der Waals surface area contributed by atoms with Crippen molar-refractivity contribution in [3.63, 3.8) is 0 Å². The number of nitrogen functional groups attached to an aromatic ring is 1. The molecule has 2 N–H and O–H groups in total. The molecule has 0 heterocycles. The number of carbonyl (C=O) groups is 1. The molecule has 4 nitrogen and oxygen atoms in total. The summed E-state index contributed by atoms with van der Waals surface area (Å²) in [5.74, 6) is -1.09. The number of ether oxygens (including phenoxy) is 1. The van der Waals surface area contributed by atoms with Crippen molar-refractivity contribution in [3.05, 3.63) is 64.5 Å². The van der Waals surface area contributed by atoms with Crippen LogP contribution in [0.2, 0.25) is 0 Å². The maximum absolute atomic E-state index is 13.2. The van der Waals surface area contributed by atoms with E-state index in [-0.39, 0.29) is 12.2 Å². The number of esters is 1. The van der Waals surface area contributed by atoms with Crippen LogP contribution >= 0.6 is 0 Å². The molecule has 2 rings (SSSR count). The lowest BCUT2D eigenvalue weighted by Crippen LogP contribution is -2.06. The number of aryl methyl sites for hydroxylation is 1. The Hall–Kier alpha value is -2.87. The van der Waals surface area contributed by atoms with Gasteiger partial charge < -0.3 is 10.5 Å². The Balaban J connectivity index is 2.07. The van der Waals surface area contributed by atoms with Gasteiger partial charge in [-0.05, 0) is 48.4 Å². The molecule has 0 amide bonds. The van der Waals surface area contributed by atoms with Gasteiger partial charge in [-0.2, -0.15) is 5.26 Å². The van der Waals surface area contributed by atoms with E-state index < -0.39 is 11.8 Å². The van der Waals surface area contributed by atoms with E-state index in [0.717, 1.165) is 5.56 Å². The molecule has 21 heavy (non-hydrogen) atoms. The van der Waals surface area contributed by atoms with Gasteiger partial charge in [0.1, 0.15) is 18.5 Å². The predicted molar refractivity (Wildman–Crippen MR) is 75.8 cm³/mol. The standard InChI is InChI=1S/C16H13FN2O2/c1-10-6-12(3-5-15(10)19)16(20)21-9-11-2-4-14(17)13(7-11)8-18/h2-7H,9,19H2,1H3. The van der Waals surface area contributed by atoms with Crippen molar-refractivity contribution in [3.8, 4) is 6.07 Å². The topological polar surface area (TPSA) is 76.1 Å². The van der Waals surface area contributed by atoms with E-state index in [2.05, 4.69) is 0 Å². The lowest BCUT2D eigenvalue weighted by Gasteiger charge is -2.07. The first-order valence-corrected chi connectivity index (χ1v) is 6.23. The average molecular weight is 284 g/mol. The number of hydrogen-bond donors (Lipinski definition) is 1. The summed E-state index contributed by atoms with van der Waals surface area (Å²) < 4.78 is 18.3. The van der Waals surface area contributed by atoms with Gasteiger partial charge in [0.15, 0.2) is 0 Å².